The Kier molecular flexibility index (Phi) is 6.47. The van der Waals surface area contributed by atoms with E-state index in [9.17, 15) is 13.6 Å². The zero-order valence-corrected chi connectivity index (χ0v) is 14.6. The molecule has 0 bridgehead atoms. The summed E-state index contributed by atoms with van der Waals surface area (Å²) in [5.74, 6) is -0.824. The molecule has 0 saturated carbocycles. The van der Waals surface area contributed by atoms with Crippen LogP contribution in [0.25, 0.3) is 0 Å². The van der Waals surface area contributed by atoms with Gasteiger partial charge < -0.3 is 15.0 Å². The lowest BCUT2D eigenvalue weighted by molar-refractivity contribution is -0.907. The molecule has 0 radical (unpaired) electrons. The van der Waals surface area contributed by atoms with Gasteiger partial charge in [0.25, 0.3) is 5.91 Å². The van der Waals surface area contributed by atoms with Gasteiger partial charge in [-0.15, -0.1) is 0 Å². The molecule has 0 aliphatic carbocycles. The maximum atomic E-state index is 13.6. The third kappa shape index (κ3) is 5.26. The zero-order valence-electron chi connectivity index (χ0n) is 14.6. The smallest absolute Gasteiger partial charge is 0.282 e. The van der Waals surface area contributed by atoms with Gasteiger partial charge in [0.15, 0.2) is 6.04 Å². The summed E-state index contributed by atoms with van der Waals surface area (Å²) in [7, 11) is 1.88. The number of anilines is 1. The zero-order chi connectivity index (χ0) is 18.4. The molecule has 2 aromatic carbocycles. The van der Waals surface area contributed by atoms with Crippen molar-refractivity contribution < 1.29 is 23.2 Å². The first-order chi connectivity index (χ1) is 11.9. The fraction of sp³-hybridized carbons (Fsp3) is 0.316. The van der Waals surface area contributed by atoms with Gasteiger partial charge in [-0.05, 0) is 50.2 Å². The van der Waals surface area contributed by atoms with E-state index < -0.39 is 17.7 Å². The van der Waals surface area contributed by atoms with Gasteiger partial charge in [-0.25, -0.2) is 8.78 Å². The molecule has 0 spiro atoms. The summed E-state index contributed by atoms with van der Waals surface area (Å²) in [6.07, 6.45) is 0. The van der Waals surface area contributed by atoms with Crippen molar-refractivity contribution in [3.63, 3.8) is 0 Å². The normalized spacial score (nSPS) is 13.2. The van der Waals surface area contributed by atoms with Gasteiger partial charge in [0.1, 0.15) is 23.9 Å². The standard InChI is InChI=1S/C19H22F2N2O2/c1-4-25-16-8-5-14(6-9-16)12-23(3)13(2)19(24)22-18-11-15(20)7-10-17(18)21/h5-11,13H,4,12H2,1-3H3,(H,22,24)/p+1/t13-/m1/s1. The topological polar surface area (TPSA) is 42.8 Å². The lowest BCUT2D eigenvalue weighted by Gasteiger charge is -2.21. The molecule has 0 saturated heterocycles. The van der Waals surface area contributed by atoms with Crippen LogP contribution in [0.3, 0.4) is 0 Å². The van der Waals surface area contributed by atoms with Crippen LogP contribution in [0.5, 0.6) is 5.75 Å². The van der Waals surface area contributed by atoms with E-state index in [-0.39, 0.29) is 11.6 Å². The molecular formula is C19H23F2N2O2+. The second-order valence-corrected chi connectivity index (χ2v) is 5.94. The number of hydrogen-bond acceptors (Lipinski definition) is 2. The average Bonchev–Trinajstić information content (AvgIpc) is 2.59. The van der Waals surface area contributed by atoms with Gasteiger partial charge in [0.2, 0.25) is 0 Å². The lowest BCUT2D eigenvalue weighted by atomic mass is 10.1. The number of hydrogen-bond donors (Lipinski definition) is 2. The van der Waals surface area contributed by atoms with E-state index in [0.717, 1.165) is 34.4 Å². The maximum Gasteiger partial charge on any atom is 0.282 e. The SMILES string of the molecule is CCOc1ccc(C[NH+](C)[C@H](C)C(=O)Nc2cc(F)ccc2F)cc1. The number of likely N-dealkylation sites (N-methyl/N-ethyl adjacent to an activating group) is 1. The Morgan fingerprint density at radius 1 is 1.20 bits per heavy atom. The van der Waals surface area contributed by atoms with Crippen molar-refractivity contribution in [2.75, 3.05) is 19.0 Å². The van der Waals surface area contributed by atoms with Crippen LogP contribution in [0, 0.1) is 11.6 Å². The number of halogens is 2. The molecule has 25 heavy (non-hydrogen) atoms. The van der Waals surface area contributed by atoms with Crippen LogP contribution in [0.4, 0.5) is 14.5 Å². The van der Waals surface area contributed by atoms with Crippen LogP contribution in [0.15, 0.2) is 42.5 Å². The Morgan fingerprint density at radius 2 is 1.88 bits per heavy atom. The summed E-state index contributed by atoms with van der Waals surface area (Å²) >= 11 is 0. The van der Waals surface area contributed by atoms with Crippen LogP contribution in [-0.2, 0) is 11.3 Å². The van der Waals surface area contributed by atoms with E-state index in [2.05, 4.69) is 5.32 Å². The van der Waals surface area contributed by atoms with Crippen molar-refractivity contribution in [2.24, 2.45) is 0 Å². The van der Waals surface area contributed by atoms with E-state index in [4.69, 9.17) is 4.74 Å². The van der Waals surface area contributed by atoms with Crippen molar-refractivity contribution in [2.45, 2.75) is 26.4 Å². The van der Waals surface area contributed by atoms with Crippen LogP contribution < -0.4 is 15.0 Å². The molecule has 2 atom stereocenters. The molecule has 2 rings (SSSR count). The minimum absolute atomic E-state index is 0.147. The van der Waals surface area contributed by atoms with Crippen molar-refractivity contribution >= 4 is 11.6 Å². The summed E-state index contributed by atoms with van der Waals surface area (Å²) < 4.78 is 32.2. The summed E-state index contributed by atoms with van der Waals surface area (Å²) in [6, 6.07) is 10.2. The molecule has 6 heteroatoms. The summed E-state index contributed by atoms with van der Waals surface area (Å²) in [5.41, 5.74) is 0.906. The second-order valence-electron chi connectivity index (χ2n) is 5.94. The van der Waals surface area contributed by atoms with Crippen molar-refractivity contribution in [1.82, 2.24) is 0 Å². The Balaban J connectivity index is 1.97. The molecule has 1 amide bonds. The molecule has 0 aromatic heterocycles. The molecule has 4 nitrogen and oxygen atoms in total. The molecular weight excluding hydrogens is 326 g/mol. The van der Waals surface area contributed by atoms with Gasteiger partial charge >= 0.3 is 0 Å². The monoisotopic (exact) mass is 349 g/mol. The molecule has 2 N–H and O–H groups in total. The fourth-order valence-electron chi connectivity index (χ4n) is 2.40. The number of nitrogens with one attached hydrogen (secondary N) is 2. The highest BCUT2D eigenvalue weighted by Gasteiger charge is 2.23. The van der Waals surface area contributed by atoms with Crippen LogP contribution in [-0.4, -0.2) is 25.6 Å². The van der Waals surface area contributed by atoms with Gasteiger partial charge in [-0.3, -0.25) is 4.79 Å². The highest BCUT2D eigenvalue weighted by molar-refractivity contribution is 5.93. The Morgan fingerprint density at radius 3 is 2.52 bits per heavy atom. The van der Waals surface area contributed by atoms with E-state index in [1.165, 1.54) is 0 Å². The van der Waals surface area contributed by atoms with Gasteiger partial charge in [0, 0.05) is 11.6 Å². The fourth-order valence-corrected chi connectivity index (χ4v) is 2.40. The van der Waals surface area contributed by atoms with Gasteiger partial charge in [-0.1, -0.05) is 0 Å². The van der Waals surface area contributed by atoms with Crippen LogP contribution in [0.2, 0.25) is 0 Å². The third-order valence-corrected chi connectivity index (χ3v) is 4.04. The Hall–Kier alpha value is -2.47. The van der Waals surface area contributed by atoms with Crippen LogP contribution in [0.1, 0.15) is 19.4 Å². The predicted molar refractivity (Wildman–Crippen MR) is 92.7 cm³/mol. The summed E-state index contributed by atoms with van der Waals surface area (Å²) in [6.45, 7) is 4.90. The number of ether oxygens (including phenoxy) is 1. The largest absolute Gasteiger partial charge is 0.494 e. The third-order valence-electron chi connectivity index (χ3n) is 4.04. The van der Waals surface area contributed by atoms with Crippen LogP contribution >= 0.6 is 0 Å². The second kappa shape index (κ2) is 8.58. The molecule has 134 valence electrons. The first kappa shape index (κ1) is 18.9. The summed E-state index contributed by atoms with van der Waals surface area (Å²) in [4.78, 5) is 13.2. The van der Waals surface area contributed by atoms with E-state index in [1.54, 1.807) is 6.92 Å². The first-order valence-electron chi connectivity index (χ1n) is 8.20. The van der Waals surface area contributed by atoms with Gasteiger partial charge in [0.05, 0.1) is 19.3 Å². The molecule has 2 aromatic rings. The number of quaternary nitrogens is 1. The highest BCUT2D eigenvalue weighted by Crippen LogP contribution is 2.15. The number of carbonyl (C=O) groups is 1. The predicted octanol–water partition coefficient (Wildman–Crippen LogP) is 2.41. The molecule has 0 heterocycles. The van der Waals surface area contributed by atoms with E-state index in [0.29, 0.717) is 13.2 Å². The molecule has 0 aliphatic heterocycles. The minimum atomic E-state index is -0.661. The first-order valence-corrected chi connectivity index (χ1v) is 8.20. The molecule has 0 fully saturated rings. The van der Waals surface area contributed by atoms with Crippen molar-refractivity contribution in [1.29, 1.82) is 0 Å². The van der Waals surface area contributed by atoms with Gasteiger partial charge in [-0.2, -0.15) is 0 Å². The van der Waals surface area contributed by atoms with E-state index >= 15 is 0 Å². The highest BCUT2D eigenvalue weighted by atomic mass is 19.1. The Labute approximate surface area is 146 Å². The van der Waals surface area contributed by atoms with Crippen molar-refractivity contribution in [3.8, 4) is 5.75 Å². The minimum Gasteiger partial charge on any atom is -0.494 e. The summed E-state index contributed by atoms with van der Waals surface area (Å²) in [5, 5.41) is 2.45. The van der Waals surface area contributed by atoms with Crippen molar-refractivity contribution in [3.05, 3.63) is 59.7 Å². The quantitative estimate of drug-likeness (QED) is 0.806. The number of carbonyl (C=O) groups excluding carboxylic acids is 1. The molecule has 0 aliphatic rings. The van der Waals surface area contributed by atoms with E-state index in [1.807, 2.05) is 38.2 Å². The number of benzene rings is 2. The Bertz CT molecular complexity index is 720. The molecule has 1 unspecified atom stereocenters. The average molecular weight is 349 g/mol. The number of amides is 1. The lowest BCUT2D eigenvalue weighted by Crippen LogP contribution is -3.12. The maximum absolute atomic E-state index is 13.6. The number of rotatable bonds is 7.